The van der Waals surface area contributed by atoms with Crippen molar-refractivity contribution in [1.29, 1.82) is 0 Å². The molecule has 0 aliphatic carbocycles. The van der Waals surface area contributed by atoms with E-state index in [1.54, 1.807) is 24.3 Å². The van der Waals surface area contributed by atoms with Gasteiger partial charge in [0.1, 0.15) is 5.52 Å². The van der Waals surface area contributed by atoms with Crippen LogP contribution in [0.25, 0.3) is 11.1 Å². The molecule has 0 aliphatic heterocycles. The lowest BCUT2D eigenvalue weighted by atomic mass is 10.1. The fourth-order valence-corrected chi connectivity index (χ4v) is 3.24. The molecule has 3 N–H and O–H groups in total. The summed E-state index contributed by atoms with van der Waals surface area (Å²) in [5.74, 6) is -1.06. The lowest BCUT2D eigenvalue weighted by Gasteiger charge is -2.13. The fourth-order valence-electron chi connectivity index (χ4n) is 2.40. The number of amides is 3. The Hall–Kier alpha value is -3.33. The van der Waals surface area contributed by atoms with Crippen molar-refractivity contribution in [2.75, 3.05) is 0 Å². The van der Waals surface area contributed by atoms with Crippen LogP contribution in [-0.2, 0) is 15.3 Å². The van der Waals surface area contributed by atoms with Crippen molar-refractivity contribution >= 4 is 40.8 Å². The summed E-state index contributed by atoms with van der Waals surface area (Å²) in [6.45, 7) is 1.35. The standard InChI is InChI=1S/C19H17N3O5S/c1-11(16(23)22-18(20)25)26-17(24)13-7-3-2-6-12(13)10-28-19-21-14-8-4-5-9-15(14)27-19/h2-9,11H,10H2,1H3,(H3,20,22,23,25). The number of imide groups is 1. The van der Waals surface area contributed by atoms with Crippen LogP contribution < -0.4 is 11.1 Å². The maximum absolute atomic E-state index is 12.5. The Labute approximate surface area is 164 Å². The van der Waals surface area contributed by atoms with Crippen LogP contribution in [0.2, 0.25) is 0 Å². The Morgan fingerprint density at radius 3 is 2.64 bits per heavy atom. The minimum absolute atomic E-state index is 0.310. The molecular formula is C19H17N3O5S. The molecule has 1 aromatic heterocycles. The van der Waals surface area contributed by atoms with Gasteiger partial charge in [-0.3, -0.25) is 10.1 Å². The van der Waals surface area contributed by atoms with E-state index in [0.717, 1.165) is 5.52 Å². The molecule has 0 bridgehead atoms. The van der Waals surface area contributed by atoms with E-state index in [2.05, 4.69) is 4.98 Å². The number of carbonyl (C=O) groups is 3. The van der Waals surface area contributed by atoms with Crippen LogP contribution in [0.3, 0.4) is 0 Å². The van der Waals surface area contributed by atoms with E-state index >= 15 is 0 Å². The summed E-state index contributed by atoms with van der Waals surface area (Å²) in [7, 11) is 0. The molecule has 0 aliphatic rings. The minimum Gasteiger partial charge on any atom is -0.449 e. The quantitative estimate of drug-likeness (QED) is 0.482. The van der Waals surface area contributed by atoms with Crippen molar-refractivity contribution in [3.8, 4) is 0 Å². The second-order valence-corrected chi connectivity index (χ2v) is 6.72. The van der Waals surface area contributed by atoms with Crippen LogP contribution in [0.15, 0.2) is 58.2 Å². The molecule has 1 atom stereocenters. The highest BCUT2D eigenvalue weighted by Crippen LogP contribution is 2.27. The van der Waals surface area contributed by atoms with Crippen molar-refractivity contribution in [3.05, 3.63) is 59.7 Å². The number of ether oxygens (including phenoxy) is 1. The smallest absolute Gasteiger partial charge is 0.339 e. The number of esters is 1. The van der Waals surface area contributed by atoms with Crippen LogP contribution in [0.1, 0.15) is 22.8 Å². The van der Waals surface area contributed by atoms with Gasteiger partial charge in [0.05, 0.1) is 5.56 Å². The van der Waals surface area contributed by atoms with Crippen LogP contribution >= 0.6 is 11.8 Å². The number of para-hydroxylation sites is 2. The predicted molar refractivity (Wildman–Crippen MR) is 103 cm³/mol. The SMILES string of the molecule is CC(OC(=O)c1ccccc1CSc1nc2ccccc2o1)C(=O)NC(N)=O. The predicted octanol–water partition coefficient (Wildman–Crippen LogP) is 2.86. The van der Waals surface area contributed by atoms with E-state index in [-0.39, 0.29) is 0 Å². The number of thioether (sulfide) groups is 1. The highest BCUT2D eigenvalue weighted by molar-refractivity contribution is 7.98. The molecule has 0 saturated carbocycles. The zero-order valence-electron chi connectivity index (χ0n) is 14.9. The van der Waals surface area contributed by atoms with Gasteiger partial charge in [-0.15, -0.1) is 0 Å². The average Bonchev–Trinajstić information content (AvgIpc) is 3.09. The van der Waals surface area contributed by atoms with Crippen LogP contribution in [0.5, 0.6) is 0 Å². The second kappa shape index (κ2) is 8.57. The van der Waals surface area contributed by atoms with Crippen LogP contribution in [0, 0.1) is 0 Å². The van der Waals surface area contributed by atoms with Crippen molar-refractivity contribution in [1.82, 2.24) is 10.3 Å². The van der Waals surface area contributed by atoms with Gasteiger partial charge in [0.2, 0.25) is 0 Å². The third-order valence-corrected chi connectivity index (χ3v) is 4.64. The molecular weight excluding hydrogens is 382 g/mol. The van der Waals surface area contributed by atoms with E-state index in [0.29, 0.717) is 27.7 Å². The first kappa shape index (κ1) is 19.4. The number of nitrogens with two attached hydrogens (primary N) is 1. The maximum Gasteiger partial charge on any atom is 0.339 e. The number of rotatable bonds is 6. The summed E-state index contributed by atoms with van der Waals surface area (Å²) >= 11 is 1.34. The molecule has 0 radical (unpaired) electrons. The second-order valence-electron chi connectivity index (χ2n) is 5.79. The number of aromatic nitrogens is 1. The van der Waals surface area contributed by atoms with Gasteiger partial charge in [0.25, 0.3) is 11.1 Å². The fraction of sp³-hybridized carbons (Fsp3) is 0.158. The molecule has 0 spiro atoms. The zero-order chi connectivity index (χ0) is 20.1. The highest BCUT2D eigenvalue weighted by atomic mass is 32.2. The molecule has 9 heteroatoms. The van der Waals surface area contributed by atoms with E-state index in [1.807, 2.05) is 29.6 Å². The summed E-state index contributed by atoms with van der Waals surface area (Å²) in [4.78, 5) is 39.3. The number of carbonyl (C=O) groups excluding carboxylic acids is 3. The summed E-state index contributed by atoms with van der Waals surface area (Å²) in [6, 6.07) is 13.3. The summed E-state index contributed by atoms with van der Waals surface area (Å²) < 4.78 is 10.8. The van der Waals surface area contributed by atoms with Gasteiger partial charge in [0.15, 0.2) is 11.7 Å². The van der Waals surface area contributed by atoms with Crippen molar-refractivity contribution in [2.45, 2.75) is 24.0 Å². The van der Waals surface area contributed by atoms with Crippen LogP contribution in [0.4, 0.5) is 4.79 Å². The Balaban J connectivity index is 1.69. The Bertz CT molecular complexity index is 1000. The lowest BCUT2D eigenvalue weighted by Crippen LogP contribution is -2.42. The summed E-state index contributed by atoms with van der Waals surface area (Å²) in [5.41, 5.74) is 7.34. The molecule has 0 saturated heterocycles. The number of primary amides is 1. The average molecular weight is 399 g/mol. The van der Waals surface area contributed by atoms with Crippen LogP contribution in [-0.4, -0.2) is 29.0 Å². The van der Waals surface area contributed by atoms with Crippen molar-refractivity contribution in [2.24, 2.45) is 5.73 Å². The summed E-state index contributed by atoms with van der Waals surface area (Å²) in [5, 5.41) is 2.36. The van der Waals surface area contributed by atoms with Crippen molar-refractivity contribution < 1.29 is 23.5 Å². The maximum atomic E-state index is 12.5. The Kier molecular flexibility index (Phi) is 5.95. The third-order valence-electron chi connectivity index (χ3n) is 3.76. The van der Waals surface area contributed by atoms with Gasteiger partial charge in [-0.05, 0) is 30.7 Å². The molecule has 1 heterocycles. The number of oxazole rings is 1. The van der Waals surface area contributed by atoms with Gasteiger partial charge in [0, 0.05) is 5.75 Å². The van der Waals surface area contributed by atoms with Gasteiger partial charge in [-0.25, -0.2) is 14.6 Å². The highest BCUT2D eigenvalue weighted by Gasteiger charge is 2.21. The number of benzene rings is 2. The molecule has 144 valence electrons. The first-order valence-corrected chi connectivity index (χ1v) is 9.30. The van der Waals surface area contributed by atoms with Gasteiger partial charge >= 0.3 is 12.0 Å². The monoisotopic (exact) mass is 399 g/mol. The van der Waals surface area contributed by atoms with Crippen molar-refractivity contribution in [3.63, 3.8) is 0 Å². The van der Waals surface area contributed by atoms with Gasteiger partial charge < -0.3 is 14.9 Å². The zero-order valence-corrected chi connectivity index (χ0v) is 15.7. The molecule has 2 aromatic carbocycles. The topological polar surface area (TPSA) is 125 Å². The van der Waals surface area contributed by atoms with E-state index in [9.17, 15) is 14.4 Å². The minimum atomic E-state index is -1.17. The van der Waals surface area contributed by atoms with E-state index < -0.39 is 24.0 Å². The number of hydrogen-bond donors (Lipinski definition) is 2. The number of hydrogen-bond acceptors (Lipinski definition) is 7. The molecule has 28 heavy (non-hydrogen) atoms. The number of nitrogens with one attached hydrogen (secondary N) is 1. The molecule has 1 unspecified atom stereocenters. The Morgan fingerprint density at radius 2 is 1.89 bits per heavy atom. The normalized spacial score (nSPS) is 11.8. The first-order chi connectivity index (χ1) is 13.4. The molecule has 0 fully saturated rings. The first-order valence-electron chi connectivity index (χ1n) is 8.31. The van der Waals surface area contributed by atoms with E-state index in [4.69, 9.17) is 14.9 Å². The molecule has 3 aromatic rings. The number of urea groups is 1. The largest absolute Gasteiger partial charge is 0.449 e. The van der Waals surface area contributed by atoms with E-state index in [1.165, 1.54) is 18.7 Å². The molecule has 3 rings (SSSR count). The Morgan fingerprint density at radius 1 is 1.18 bits per heavy atom. The summed E-state index contributed by atoms with van der Waals surface area (Å²) in [6.07, 6.45) is -1.17. The lowest BCUT2D eigenvalue weighted by molar-refractivity contribution is -0.127. The number of nitrogens with zero attached hydrogens (tertiary/aromatic N) is 1. The molecule has 8 nitrogen and oxygen atoms in total. The van der Waals surface area contributed by atoms with Gasteiger partial charge in [-0.1, -0.05) is 42.1 Å². The van der Waals surface area contributed by atoms with Gasteiger partial charge in [-0.2, -0.15) is 0 Å². The number of fused-ring (bicyclic) bond motifs is 1. The molecule has 3 amide bonds. The third kappa shape index (κ3) is 4.68.